The highest BCUT2D eigenvalue weighted by molar-refractivity contribution is 6.10. The molecule has 0 aliphatic heterocycles. The molecule has 2 aromatic heterocycles. The summed E-state index contributed by atoms with van der Waals surface area (Å²) in [6.45, 7) is 0. The van der Waals surface area contributed by atoms with Crippen molar-refractivity contribution in [3.8, 4) is 44.8 Å². The molecule has 12 rings (SSSR count). The van der Waals surface area contributed by atoms with E-state index in [0.717, 1.165) is 0 Å². The lowest BCUT2D eigenvalue weighted by molar-refractivity contribution is 0.720. The average molecular weight is 713 g/mol. The van der Waals surface area contributed by atoms with Gasteiger partial charge in [-0.1, -0.05) is 146 Å². The van der Waals surface area contributed by atoms with Crippen molar-refractivity contribution >= 4 is 43.6 Å². The zero-order chi connectivity index (χ0) is 36.7. The van der Waals surface area contributed by atoms with Gasteiger partial charge < -0.3 is 9.13 Å². The van der Waals surface area contributed by atoms with E-state index >= 15 is 0 Å². The van der Waals surface area contributed by atoms with Gasteiger partial charge in [0.05, 0.1) is 22.1 Å². The van der Waals surface area contributed by atoms with Crippen molar-refractivity contribution in [2.75, 3.05) is 0 Å². The first-order valence-electron chi connectivity index (χ1n) is 19.6. The second-order valence-corrected chi connectivity index (χ2v) is 15.3. The van der Waals surface area contributed by atoms with Crippen LogP contribution >= 0.6 is 0 Å². The predicted molar refractivity (Wildman–Crippen MR) is 235 cm³/mol. The number of hydrogen-bond donors (Lipinski definition) is 0. The molecule has 0 N–H and O–H groups in total. The SMILES string of the molecule is C1=CC2c3cc(-c4cccc(-n5c6ccccc6c6ccccc65)c4)ccc3-c3ccc(-c4cccc(-n5c6ccccc6c6ccccc65)c4)cc3C2C=C1. The Morgan fingerprint density at radius 2 is 0.661 bits per heavy atom. The van der Waals surface area contributed by atoms with Crippen LogP contribution in [0.25, 0.3) is 88.4 Å². The second kappa shape index (κ2) is 12.2. The van der Waals surface area contributed by atoms with Gasteiger partial charge in [0.1, 0.15) is 0 Å². The zero-order valence-electron chi connectivity index (χ0n) is 30.7. The molecule has 2 heteroatoms. The van der Waals surface area contributed by atoms with Crippen molar-refractivity contribution in [2.24, 2.45) is 0 Å². The van der Waals surface area contributed by atoms with Crippen LogP contribution in [0.3, 0.4) is 0 Å². The summed E-state index contributed by atoms with van der Waals surface area (Å²) in [6.07, 6.45) is 9.26. The van der Waals surface area contributed by atoms with E-state index in [9.17, 15) is 0 Å². The predicted octanol–water partition coefficient (Wildman–Crippen LogP) is 14.2. The lowest BCUT2D eigenvalue weighted by atomic mass is 9.69. The molecule has 8 aromatic carbocycles. The van der Waals surface area contributed by atoms with Gasteiger partial charge in [0, 0.05) is 44.8 Å². The van der Waals surface area contributed by atoms with Crippen molar-refractivity contribution in [3.05, 3.63) is 217 Å². The monoisotopic (exact) mass is 712 g/mol. The molecule has 0 saturated carbocycles. The van der Waals surface area contributed by atoms with Crippen molar-refractivity contribution in [2.45, 2.75) is 11.8 Å². The smallest absolute Gasteiger partial charge is 0.0541 e. The molecule has 10 aromatic rings. The quantitative estimate of drug-likeness (QED) is 0.172. The number of fused-ring (bicyclic) bond motifs is 12. The number of nitrogens with zero attached hydrogens (tertiary/aromatic N) is 2. The first kappa shape index (κ1) is 31.2. The molecular weight excluding hydrogens is 677 g/mol. The van der Waals surface area contributed by atoms with Gasteiger partial charge in [0.25, 0.3) is 0 Å². The topological polar surface area (TPSA) is 9.86 Å². The first-order valence-corrected chi connectivity index (χ1v) is 19.6. The Labute approximate surface area is 325 Å². The fourth-order valence-corrected chi connectivity index (χ4v) is 9.78. The van der Waals surface area contributed by atoms with Crippen LogP contribution in [0.5, 0.6) is 0 Å². The molecule has 0 spiro atoms. The van der Waals surface area contributed by atoms with Gasteiger partial charge in [-0.25, -0.2) is 0 Å². The average Bonchev–Trinajstić information content (AvgIpc) is 3.79. The Bertz CT molecular complexity index is 2950. The molecule has 262 valence electrons. The van der Waals surface area contributed by atoms with Gasteiger partial charge in [0.15, 0.2) is 0 Å². The summed E-state index contributed by atoms with van der Waals surface area (Å²) in [5.74, 6) is 0.532. The zero-order valence-corrected chi connectivity index (χ0v) is 30.7. The number of para-hydroxylation sites is 4. The van der Waals surface area contributed by atoms with Crippen LogP contribution in [-0.4, -0.2) is 9.13 Å². The number of rotatable bonds is 4. The molecule has 2 nitrogen and oxygen atoms in total. The van der Waals surface area contributed by atoms with Crippen LogP contribution in [0.15, 0.2) is 206 Å². The Hall–Kier alpha value is -7.16. The maximum Gasteiger partial charge on any atom is 0.0541 e. The Morgan fingerprint density at radius 3 is 1.05 bits per heavy atom. The van der Waals surface area contributed by atoms with Gasteiger partial charge in [-0.15, -0.1) is 0 Å². The molecule has 2 aliphatic rings. The minimum Gasteiger partial charge on any atom is -0.309 e. The maximum atomic E-state index is 2.45. The maximum absolute atomic E-state index is 2.45. The summed E-state index contributed by atoms with van der Waals surface area (Å²) in [7, 11) is 0. The molecule has 0 fully saturated rings. The Morgan fingerprint density at radius 1 is 0.304 bits per heavy atom. The van der Waals surface area contributed by atoms with Crippen LogP contribution in [0.4, 0.5) is 0 Å². The molecule has 2 aliphatic carbocycles. The molecule has 2 unspecified atom stereocenters. The third-order valence-electron chi connectivity index (χ3n) is 12.3. The van der Waals surface area contributed by atoms with Crippen molar-refractivity contribution in [1.29, 1.82) is 0 Å². The van der Waals surface area contributed by atoms with Crippen molar-refractivity contribution in [1.82, 2.24) is 9.13 Å². The lowest BCUT2D eigenvalue weighted by Crippen LogP contribution is -2.16. The Kier molecular flexibility index (Phi) is 6.79. The van der Waals surface area contributed by atoms with Gasteiger partial charge in [-0.05, 0) is 105 Å². The molecule has 0 bridgehead atoms. The molecular formula is C54H36N2. The van der Waals surface area contributed by atoms with Crippen LogP contribution in [0.1, 0.15) is 23.0 Å². The molecule has 0 saturated heterocycles. The minimum atomic E-state index is 0.266. The van der Waals surface area contributed by atoms with Gasteiger partial charge >= 0.3 is 0 Å². The Balaban J connectivity index is 0.951. The number of aromatic nitrogens is 2. The van der Waals surface area contributed by atoms with Gasteiger partial charge in [-0.2, -0.15) is 0 Å². The summed E-state index contributed by atoms with van der Waals surface area (Å²) in [5.41, 5.74) is 17.7. The highest BCUT2D eigenvalue weighted by atomic mass is 15.0. The van der Waals surface area contributed by atoms with Crippen LogP contribution in [-0.2, 0) is 0 Å². The van der Waals surface area contributed by atoms with E-state index in [-0.39, 0.29) is 11.8 Å². The van der Waals surface area contributed by atoms with E-state index in [1.54, 1.807) is 0 Å². The molecule has 2 heterocycles. The summed E-state index contributed by atoms with van der Waals surface area (Å²) < 4.78 is 4.81. The molecule has 2 atom stereocenters. The molecule has 0 amide bonds. The van der Waals surface area contributed by atoms with Crippen LogP contribution in [0, 0.1) is 0 Å². The number of allylic oxidation sites excluding steroid dienone is 4. The number of benzene rings is 8. The summed E-state index contributed by atoms with van der Waals surface area (Å²) >= 11 is 0. The van der Waals surface area contributed by atoms with Gasteiger partial charge in [-0.3, -0.25) is 0 Å². The van der Waals surface area contributed by atoms with E-state index in [2.05, 4.69) is 215 Å². The van der Waals surface area contributed by atoms with Crippen molar-refractivity contribution in [3.63, 3.8) is 0 Å². The van der Waals surface area contributed by atoms with E-state index in [1.165, 1.54) is 99.5 Å². The lowest BCUT2D eigenvalue weighted by Gasteiger charge is -2.34. The van der Waals surface area contributed by atoms with Gasteiger partial charge in [0.2, 0.25) is 0 Å². The summed E-state index contributed by atoms with van der Waals surface area (Å²) in [6, 6.07) is 67.3. The number of hydrogen-bond acceptors (Lipinski definition) is 0. The molecule has 0 radical (unpaired) electrons. The van der Waals surface area contributed by atoms with E-state index in [0.29, 0.717) is 0 Å². The van der Waals surface area contributed by atoms with E-state index in [4.69, 9.17) is 0 Å². The fourth-order valence-electron chi connectivity index (χ4n) is 9.78. The van der Waals surface area contributed by atoms with Crippen molar-refractivity contribution < 1.29 is 0 Å². The second-order valence-electron chi connectivity index (χ2n) is 15.3. The highest BCUT2D eigenvalue weighted by Gasteiger charge is 2.32. The fraction of sp³-hybridized carbons (Fsp3) is 0.0370. The standard InChI is InChI=1S/C54H36N2/c1-2-18-42-41(17-1)49-33-37(35-13-11-15-39(31-35)55-51-23-7-3-19-45(51)46-20-4-8-24-52(46)55)27-29-43(49)44-30-28-38(34-50(42)44)36-14-12-16-40(32-36)56-53-25-9-5-21-47(53)48-22-6-10-26-54(48)56/h1-34,41-42H. The third-order valence-corrected chi connectivity index (χ3v) is 12.3. The van der Waals surface area contributed by atoms with E-state index in [1.807, 2.05) is 0 Å². The third kappa shape index (κ3) is 4.63. The summed E-state index contributed by atoms with van der Waals surface area (Å²) in [5, 5.41) is 5.12. The molecule has 56 heavy (non-hydrogen) atoms. The minimum absolute atomic E-state index is 0.266. The van der Waals surface area contributed by atoms with Crippen LogP contribution in [0.2, 0.25) is 0 Å². The summed E-state index contributed by atoms with van der Waals surface area (Å²) in [4.78, 5) is 0. The highest BCUT2D eigenvalue weighted by Crippen LogP contribution is 2.51. The van der Waals surface area contributed by atoms with Crippen LogP contribution < -0.4 is 0 Å². The first-order chi connectivity index (χ1) is 27.8. The normalized spacial score (nSPS) is 15.7. The largest absolute Gasteiger partial charge is 0.309 e. The van der Waals surface area contributed by atoms with E-state index < -0.39 is 0 Å².